The van der Waals surface area contributed by atoms with E-state index >= 15 is 0 Å². The Bertz CT molecular complexity index is 1190. The zero-order valence-electron chi connectivity index (χ0n) is 16.9. The monoisotopic (exact) mass is 444 g/mol. The Balaban J connectivity index is 1.55. The first-order chi connectivity index (χ1) is 14.6. The summed E-state index contributed by atoms with van der Waals surface area (Å²) in [5, 5.41) is 2.65. The van der Waals surface area contributed by atoms with Crippen LogP contribution in [0.3, 0.4) is 0 Å². The maximum atomic E-state index is 13.1. The summed E-state index contributed by atoms with van der Waals surface area (Å²) in [6.45, 7) is 1.90. The molecule has 0 aromatic heterocycles. The lowest BCUT2D eigenvalue weighted by atomic mass is 9.91. The molecule has 1 fully saturated rings. The molecular weight excluding hydrogens is 424 g/mol. The molecule has 1 N–H and O–H groups in total. The maximum absolute atomic E-state index is 13.1. The van der Waals surface area contributed by atoms with Gasteiger partial charge in [-0.3, -0.25) is 14.5 Å². The third-order valence-electron chi connectivity index (χ3n) is 5.30. The van der Waals surface area contributed by atoms with E-state index in [4.69, 9.17) is 9.47 Å². The van der Waals surface area contributed by atoms with Crippen molar-refractivity contribution < 1.29 is 32.3 Å². The van der Waals surface area contributed by atoms with Crippen LogP contribution in [0, 0.1) is 0 Å². The number of fused-ring (bicyclic) bond motifs is 1. The van der Waals surface area contributed by atoms with Gasteiger partial charge < -0.3 is 14.8 Å². The van der Waals surface area contributed by atoms with Crippen LogP contribution in [0.5, 0.6) is 11.5 Å². The fourth-order valence-corrected chi connectivity index (χ4v) is 4.14. The van der Waals surface area contributed by atoms with Gasteiger partial charge in [0.2, 0.25) is 0 Å². The SMILES string of the molecule is C[C@@]1(c2ccc3c(c2)OCCO3)NC(=O)N(CC(=O)c2ccc(S(C)(=O)=O)cc2)C1=O. The van der Waals surface area contributed by atoms with Crippen molar-refractivity contribution in [3.63, 3.8) is 0 Å². The van der Waals surface area contributed by atoms with E-state index < -0.39 is 39.6 Å². The topological polar surface area (TPSA) is 119 Å². The average Bonchev–Trinajstić information content (AvgIpc) is 2.96. The van der Waals surface area contributed by atoms with Crippen molar-refractivity contribution >= 4 is 27.6 Å². The molecular formula is C21H20N2O7S. The second kappa shape index (κ2) is 7.38. The zero-order valence-corrected chi connectivity index (χ0v) is 17.7. The van der Waals surface area contributed by atoms with Gasteiger partial charge in [0.05, 0.1) is 11.4 Å². The van der Waals surface area contributed by atoms with Crippen LogP contribution in [0.1, 0.15) is 22.8 Å². The number of urea groups is 1. The van der Waals surface area contributed by atoms with Crippen LogP contribution < -0.4 is 14.8 Å². The van der Waals surface area contributed by atoms with Gasteiger partial charge in [-0.15, -0.1) is 0 Å². The van der Waals surface area contributed by atoms with Crippen molar-refractivity contribution in [1.82, 2.24) is 10.2 Å². The summed E-state index contributed by atoms with van der Waals surface area (Å²) in [4.78, 5) is 39.2. The molecule has 31 heavy (non-hydrogen) atoms. The molecule has 0 aliphatic carbocycles. The number of benzene rings is 2. The maximum Gasteiger partial charge on any atom is 0.325 e. The highest BCUT2D eigenvalue weighted by molar-refractivity contribution is 7.90. The Labute approximate surface area is 178 Å². The molecule has 0 saturated carbocycles. The van der Waals surface area contributed by atoms with Crippen LogP contribution in [-0.4, -0.2) is 57.1 Å². The summed E-state index contributed by atoms with van der Waals surface area (Å²) in [6, 6.07) is 9.63. The molecule has 2 aliphatic rings. The number of hydrogen-bond donors (Lipinski definition) is 1. The molecule has 0 unspecified atom stereocenters. The molecule has 2 aromatic carbocycles. The van der Waals surface area contributed by atoms with Crippen molar-refractivity contribution in [2.24, 2.45) is 0 Å². The van der Waals surface area contributed by atoms with E-state index in [9.17, 15) is 22.8 Å². The Morgan fingerprint density at radius 3 is 2.35 bits per heavy atom. The molecule has 10 heteroatoms. The van der Waals surface area contributed by atoms with E-state index in [0.717, 1.165) is 11.2 Å². The van der Waals surface area contributed by atoms with Crippen LogP contribution in [-0.2, 0) is 20.2 Å². The van der Waals surface area contributed by atoms with Crippen LogP contribution in [0.4, 0.5) is 4.79 Å². The first-order valence-electron chi connectivity index (χ1n) is 9.47. The summed E-state index contributed by atoms with van der Waals surface area (Å²) < 4.78 is 34.2. The van der Waals surface area contributed by atoms with Gasteiger partial charge in [0.15, 0.2) is 27.1 Å². The number of rotatable bonds is 5. The van der Waals surface area contributed by atoms with Gasteiger partial charge >= 0.3 is 6.03 Å². The third kappa shape index (κ3) is 3.74. The molecule has 3 amide bonds. The lowest BCUT2D eigenvalue weighted by molar-refractivity contribution is -0.130. The second-order valence-corrected chi connectivity index (χ2v) is 9.54. The normalized spacial score (nSPS) is 20.5. The number of Topliss-reactive ketones (excluding diaryl/α,β-unsaturated/α-hetero) is 1. The highest BCUT2D eigenvalue weighted by atomic mass is 32.2. The number of nitrogens with one attached hydrogen (secondary N) is 1. The van der Waals surface area contributed by atoms with E-state index in [1.807, 2.05) is 0 Å². The standard InChI is InChI=1S/C21H20N2O7S/c1-21(14-5-8-17-18(11-14)30-10-9-29-17)19(25)23(20(26)22-21)12-16(24)13-3-6-15(7-4-13)31(2,27)28/h3-8,11H,9-10,12H2,1-2H3,(H,22,26)/t21-/m0/s1. The van der Waals surface area contributed by atoms with E-state index in [1.165, 1.54) is 24.3 Å². The highest BCUT2D eigenvalue weighted by Gasteiger charge is 2.49. The summed E-state index contributed by atoms with van der Waals surface area (Å²) in [5.41, 5.74) is -0.670. The number of carbonyl (C=O) groups is 3. The van der Waals surface area contributed by atoms with E-state index in [1.54, 1.807) is 25.1 Å². The Kier molecular flexibility index (Phi) is 4.97. The van der Waals surface area contributed by atoms with Crippen molar-refractivity contribution in [2.45, 2.75) is 17.4 Å². The quantitative estimate of drug-likeness (QED) is 0.548. The third-order valence-corrected chi connectivity index (χ3v) is 6.43. The molecule has 9 nitrogen and oxygen atoms in total. The van der Waals surface area contributed by atoms with Crippen molar-refractivity contribution in [2.75, 3.05) is 26.0 Å². The van der Waals surface area contributed by atoms with Crippen molar-refractivity contribution in [3.05, 3.63) is 53.6 Å². The predicted molar refractivity (Wildman–Crippen MR) is 109 cm³/mol. The summed E-state index contributed by atoms with van der Waals surface area (Å²) in [6.07, 6.45) is 1.07. The molecule has 2 heterocycles. The number of ketones is 1. The molecule has 4 rings (SSSR count). The first kappa shape index (κ1) is 20.9. The fraction of sp³-hybridized carbons (Fsp3) is 0.286. The first-order valence-corrected chi connectivity index (χ1v) is 11.4. The summed E-state index contributed by atoms with van der Waals surface area (Å²) >= 11 is 0. The lowest BCUT2D eigenvalue weighted by Gasteiger charge is -2.25. The van der Waals surface area contributed by atoms with Crippen LogP contribution >= 0.6 is 0 Å². The molecule has 1 atom stereocenters. The molecule has 162 valence electrons. The lowest BCUT2D eigenvalue weighted by Crippen LogP contribution is -2.41. The minimum Gasteiger partial charge on any atom is -0.486 e. The Hall–Kier alpha value is -3.40. The minimum absolute atomic E-state index is 0.0743. The van der Waals surface area contributed by atoms with Gasteiger partial charge in [0.1, 0.15) is 18.8 Å². The number of carbonyl (C=O) groups excluding carboxylic acids is 3. The molecule has 2 aliphatic heterocycles. The minimum atomic E-state index is -3.40. The van der Waals surface area contributed by atoms with Gasteiger partial charge in [0, 0.05) is 11.8 Å². The van der Waals surface area contributed by atoms with Gasteiger partial charge in [0.25, 0.3) is 5.91 Å². The summed E-state index contributed by atoms with van der Waals surface area (Å²) in [7, 11) is -3.40. The number of ether oxygens (including phenoxy) is 2. The van der Waals surface area contributed by atoms with E-state index in [0.29, 0.717) is 30.3 Å². The Morgan fingerprint density at radius 2 is 1.71 bits per heavy atom. The largest absolute Gasteiger partial charge is 0.486 e. The smallest absolute Gasteiger partial charge is 0.325 e. The molecule has 2 aromatic rings. The number of hydrogen-bond acceptors (Lipinski definition) is 7. The number of imide groups is 1. The van der Waals surface area contributed by atoms with Crippen molar-refractivity contribution in [1.29, 1.82) is 0 Å². The highest BCUT2D eigenvalue weighted by Crippen LogP contribution is 2.36. The van der Waals surface area contributed by atoms with Crippen LogP contribution in [0.2, 0.25) is 0 Å². The van der Waals surface area contributed by atoms with E-state index in [-0.39, 0.29) is 10.5 Å². The molecule has 0 bridgehead atoms. The fourth-order valence-electron chi connectivity index (χ4n) is 3.51. The second-order valence-electron chi connectivity index (χ2n) is 7.52. The van der Waals surface area contributed by atoms with Crippen LogP contribution in [0.25, 0.3) is 0 Å². The van der Waals surface area contributed by atoms with Gasteiger partial charge in [-0.2, -0.15) is 0 Å². The molecule has 0 radical (unpaired) electrons. The number of nitrogens with zero attached hydrogens (tertiary/aromatic N) is 1. The number of amides is 3. The predicted octanol–water partition coefficient (Wildman–Crippen LogP) is 1.51. The van der Waals surface area contributed by atoms with Crippen LogP contribution in [0.15, 0.2) is 47.4 Å². The van der Waals surface area contributed by atoms with Gasteiger partial charge in [-0.05, 0) is 36.8 Å². The number of sulfone groups is 1. The van der Waals surface area contributed by atoms with Crippen molar-refractivity contribution in [3.8, 4) is 11.5 Å². The molecule has 0 spiro atoms. The zero-order chi connectivity index (χ0) is 22.4. The van der Waals surface area contributed by atoms with Gasteiger partial charge in [-0.25, -0.2) is 13.2 Å². The molecule has 1 saturated heterocycles. The average molecular weight is 444 g/mol. The van der Waals surface area contributed by atoms with Gasteiger partial charge in [-0.1, -0.05) is 18.2 Å². The summed E-state index contributed by atoms with van der Waals surface area (Å²) in [5.74, 6) is -0.0299. The Morgan fingerprint density at radius 1 is 1.06 bits per heavy atom. The van der Waals surface area contributed by atoms with E-state index in [2.05, 4.69) is 5.32 Å².